The SMILES string of the molecule is CC(c1oc(=O)c2ccccc2c1-c1cccc(N(C)C)c1)n1nc(I)c2c(N)ncnc21. The van der Waals surface area contributed by atoms with Crippen LogP contribution in [-0.2, 0) is 0 Å². The summed E-state index contributed by atoms with van der Waals surface area (Å²) in [5.74, 6) is 0.870. The molecule has 0 aliphatic carbocycles. The van der Waals surface area contributed by atoms with Gasteiger partial charge in [-0.1, -0.05) is 30.3 Å². The van der Waals surface area contributed by atoms with Crippen LogP contribution in [0.5, 0.6) is 0 Å². The average molecular weight is 552 g/mol. The second kappa shape index (κ2) is 8.14. The molecule has 9 heteroatoms. The Labute approximate surface area is 203 Å². The van der Waals surface area contributed by atoms with E-state index in [1.807, 2.05) is 62.3 Å². The highest BCUT2D eigenvalue weighted by Crippen LogP contribution is 2.37. The number of nitrogens with two attached hydrogens (primary N) is 1. The molecule has 3 aromatic heterocycles. The number of aromatic nitrogens is 4. The van der Waals surface area contributed by atoms with Gasteiger partial charge in [-0.2, -0.15) is 5.10 Å². The van der Waals surface area contributed by atoms with Crippen LogP contribution in [-0.4, -0.2) is 33.8 Å². The first-order valence-electron chi connectivity index (χ1n) is 10.3. The van der Waals surface area contributed by atoms with Gasteiger partial charge in [0.25, 0.3) is 0 Å². The van der Waals surface area contributed by atoms with Gasteiger partial charge in [-0.05, 0) is 53.3 Å². The number of benzene rings is 2. The quantitative estimate of drug-likeness (QED) is 0.329. The Bertz CT molecular complexity index is 1570. The maximum absolute atomic E-state index is 13.0. The summed E-state index contributed by atoms with van der Waals surface area (Å²) in [7, 11) is 3.99. The van der Waals surface area contributed by atoms with Gasteiger partial charge < -0.3 is 15.1 Å². The number of nitrogens with zero attached hydrogens (tertiary/aromatic N) is 5. The molecule has 0 amide bonds. The van der Waals surface area contributed by atoms with E-state index < -0.39 is 6.04 Å². The maximum Gasteiger partial charge on any atom is 0.343 e. The van der Waals surface area contributed by atoms with E-state index >= 15 is 0 Å². The normalized spacial score (nSPS) is 12.4. The number of nitrogen functional groups attached to an aromatic ring is 1. The monoisotopic (exact) mass is 552 g/mol. The standard InChI is InChI=1S/C24H21IN6O2/c1-13(31-23-19(21(25)29-31)22(26)27-12-28-23)20-18(14-7-6-8-15(11-14)30(2)3)16-9-4-5-10-17(16)24(32)33-20/h4-13H,1-3H3,(H2,26,27,28). The number of hydrogen-bond acceptors (Lipinski definition) is 7. The Hall–Kier alpha value is -3.47. The van der Waals surface area contributed by atoms with Crippen molar-refractivity contribution in [1.29, 1.82) is 0 Å². The van der Waals surface area contributed by atoms with Gasteiger partial charge in [0.05, 0.1) is 10.8 Å². The van der Waals surface area contributed by atoms with Crippen LogP contribution < -0.4 is 16.3 Å². The number of fused-ring (bicyclic) bond motifs is 2. The molecular weight excluding hydrogens is 531 g/mol. The predicted octanol–water partition coefficient (Wildman–Crippen LogP) is 4.46. The van der Waals surface area contributed by atoms with Gasteiger partial charge in [-0.25, -0.2) is 19.4 Å². The van der Waals surface area contributed by atoms with Crippen molar-refractivity contribution in [2.45, 2.75) is 13.0 Å². The third kappa shape index (κ3) is 3.52. The summed E-state index contributed by atoms with van der Waals surface area (Å²) in [5, 5.41) is 6.71. The molecule has 5 aromatic rings. The van der Waals surface area contributed by atoms with Gasteiger partial charge in [0.2, 0.25) is 0 Å². The largest absolute Gasteiger partial charge is 0.424 e. The second-order valence-corrected chi connectivity index (χ2v) is 9.01. The Morgan fingerprint density at radius 3 is 2.61 bits per heavy atom. The van der Waals surface area contributed by atoms with Crippen molar-refractivity contribution < 1.29 is 4.42 Å². The molecule has 0 aliphatic rings. The van der Waals surface area contributed by atoms with Crippen LogP contribution in [0.4, 0.5) is 11.5 Å². The van der Waals surface area contributed by atoms with Crippen LogP contribution in [0, 0.1) is 3.70 Å². The molecule has 0 fully saturated rings. The number of halogens is 1. The van der Waals surface area contributed by atoms with Gasteiger partial charge in [0.15, 0.2) is 5.65 Å². The first-order valence-corrected chi connectivity index (χ1v) is 11.4. The minimum absolute atomic E-state index is 0.363. The molecule has 2 aromatic carbocycles. The summed E-state index contributed by atoms with van der Waals surface area (Å²) in [6.45, 7) is 1.94. The first-order chi connectivity index (χ1) is 15.9. The van der Waals surface area contributed by atoms with Gasteiger partial charge >= 0.3 is 5.63 Å². The minimum Gasteiger partial charge on any atom is -0.424 e. The van der Waals surface area contributed by atoms with E-state index in [-0.39, 0.29) is 5.63 Å². The van der Waals surface area contributed by atoms with Crippen molar-refractivity contribution in [2.75, 3.05) is 24.7 Å². The molecular formula is C24H21IN6O2. The third-order valence-electron chi connectivity index (χ3n) is 5.74. The highest BCUT2D eigenvalue weighted by Gasteiger charge is 2.25. The number of anilines is 2. The summed E-state index contributed by atoms with van der Waals surface area (Å²) < 4.78 is 8.40. The highest BCUT2D eigenvalue weighted by atomic mass is 127. The van der Waals surface area contributed by atoms with Crippen molar-refractivity contribution >= 4 is 55.9 Å². The van der Waals surface area contributed by atoms with Gasteiger partial charge in [-0.15, -0.1) is 0 Å². The zero-order valence-electron chi connectivity index (χ0n) is 18.3. The summed E-state index contributed by atoms with van der Waals surface area (Å²) in [5.41, 5.74) is 9.12. The van der Waals surface area contributed by atoms with E-state index in [1.54, 1.807) is 10.7 Å². The fourth-order valence-corrected chi connectivity index (χ4v) is 4.83. The Morgan fingerprint density at radius 1 is 1.09 bits per heavy atom. The van der Waals surface area contributed by atoms with E-state index in [0.29, 0.717) is 31.7 Å². The molecule has 1 atom stereocenters. The van der Waals surface area contributed by atoms with E-state index in [1.165, 1.54) is 6.33 Å². The second-order valence-electron chi connectivity index (χ2n) is 7.99. The number of rotatable bonds is 4. The Morgan fingerprint density at radius 2 is 1.85 bits per heavy atom. The van der Waals surface area contributed by atoms with Gasteiger partial charge in [0, 0.05) is 30.7 Å². The third-order valence-corrected chi connectivity index (χ3v) is 6.49. The summed E-state index contributed by atoms with van der Waals surface area (Å²) in [6.07, 6.45) is 1.41. The molecule has 0 spiro atoms. The molecule has 1 unspecified atom stereocenters. The Balaban J connectivity index is 1.83. The lowest BCUT2D eigenvalue weighted by molar-refractivity contribution is 0.404. The van der Waals surface area contributed by atoms with Crippen molar-refractivity contribution in [3.63, 3.8) is 0 Å². The Kier molecular flexibility index (Phi) is 5.28. The van der Waals surface area contributed by atoms with Crippen LogP contribution in [0.3, 0.4) is 0 Å². The molecule has 0 radical (unpaired) electrons. The number of hydrogen-bond donors (Lipinski definition) is 1. The lowest BCUT2D eigenvalue weighted by atomic mass is 9.95. The van der Waals surface area contributed by atoms with E-state index in [2.05, 4.69) is 43.7 Å². The van der Waals surface area contributed by atoms with E-state index in [9.17, 15) is 4.79 Å². The van der Waals surface area contributed by atoms with Crippen molar-refractivity contribution in [3.8, 4) is 11.1 Å². The minimum atomic E-state index is -0.430. The van der Waals surface area contributed by atoms with Crippen LogP contribution in [0.1, 0.15) is 18.7 Å². The molecule has 0 aliphatic heterocycles. The lowest BCUT2D eigenvalue weighted by Gasteiger charge is -2.19. The van der Waals surface area contributed by atoms with Crippen molar-refractivity contribution in [1.82, 2.24) is 19.7 Å². The average Bonchev–Trinajstić information content (AvgIpc) is 3.16. The summed E-state index contributed by atoms with van der Waals surface area (Å²) >= 11 is 2.12. The van der Waals surface area contributed by atoms with Crippen molar-refractivity contribution in [2.24, 2.45) is 0 Å². The topological polar surface area (TPSA) is 103 Å². The van der Waals surface area contributed by atoms with Crippen molar-refractivity contribution in [3.05, 3.63) is 74.7 Å². The molecule has 33 heavy (non-hydrogen) atoms. The predicted molar refractivity (Wildman–Crippen MR) is 139 cm³/mol. The van der Waals surface area contributed by atoms with Crippen LogP contribution in [0.2, 0.25) is 0 Å². The van der Waals surface area contributed by atoms with Crippen LogP contribution in [0.25, 0.3) is 32.9 Å². The smallest absolute Gasteiger partial charge is 0.343 e. The fourth-order valence-electron chi connectivity index (χ4n) is 4.08. The van der Waals surface area contributed by atoms with Gasteiger partial charge in [-0.3, -0.25) is 0 Å². The highest BCUT2D eigenvalue weighted by molar-refractivity contribution is 14.1. The summed E-state index contributed by atoms with van der Waals surface area (Å²) in [4.78, 5) is 23.5. The molecule has 8 nitrogen and oxygen atoms in total. The lowest BCUT2D eigenvalue weighted by Crippen LogP contribution is -2.15. The van der Waals surface area contributed by atoms with Gasteiger partial charge in [0.1, 0.15) is 27.6 Å². The van der Waals surface area contributed by atoms with Crippen LogP contribution >= 0.6 is 22.6 Å². The molecule has 3 heterocycles. The fraction of sp³-hybridized carbons (Fsp3) is 0.167. The summed E-state index contributed by atoms with van der Waals surface area (Å²) in [6, 6.07) is 15.2. The van der Waals surface area contributed by atoms with Crippen LogP contribution in [0.15, 0.2) is 64.1 Å². The van der Waals surface area contributed by atoms with E-state index in [4.69, 9.17) is 10.2 Å². The molecule has 5 rings (SSSR count). The maximum atomic E-state index is 13.0. The van der Waals surface area contributed by atoms with E-state index in [0.717, 1.165) is 22.2 Å². The first kappa shape index (κ1) is 21.4. The zero-order chi connectivity index (χ0) is 23.3. The molecule has 0 bridgehead atoms. The molecule has 0 saturated carbocycles. The molecule has 166 valence electrons. The zero-order valence-corrected chi connectivity index (χ0v) is 20.4. The molecule has 0 saturated heterocycles. The molecule has 2 N–H and O–H groups in total.